The Balaban J connectivity index is 1.55. The van der Waals surface area contributed by atoms with E-state index in [2.05, 4.69) is 30.3 Å². The number of ether oxygens (including phenoxy) is 1. The third-order valence-corrected chi connectivity index (χ3v) is 4.53. The van der Waals surface area contributed by atoms with Gasteiger partial charge in [-0.15, -0.1) is 0 Å². The molecule has 0 radical (unpaired) electrons. The number of benzene rings is 2. The first kappa shape index (κ1) is 18.7. The number of hydrogen-bond donors (Lipinski definition) is 1. The number of para-hydroxylation sites is 1. The van der Waals surface area contributed by atoms with Crippen LogP contribution in [-0.2, 0) is 11.3 Å². The van der Waals surface area contributed by atoms with Crippen LogP contribution in [0, 0.1) is 0 Å². The lowest BCUT2D eigenvalue weighted by Crippen LogP contribution is -2.20. The molecular weight excluding hydrogens is 338 g/mol. The summed E-state index contributed by atoms with van der Waals surface area (Å²) in [5, 5.41) is 7.13. The summed E-state index contributed by atoms with van der Waals surface area (Å²) in [4.78, 5) is 12.2. The highest BCUT2D eigenvalue weighted by molar-refractivity contribution is 5.91. The number of amides is 1. The zero-order valence-electron chi connectivity index (χ0n) is 15.8. The fraction of sp³-hybridized carbons (Fsp3) is 0.273. The number of nitrogens with zero attached hydrogens (tertiary/aromatic N) is 2. The molecular formula is C22H25N3O2. The first-order chi connectivity index (χ1) is 13.2. The van der Waals surface area contributed by atoms with E-state index in [4.69, 9.17) is 4.74 Å². The van der Waals surface area contributed by atoms with Crippen molar-refractivity contribution in [2.45, 2.75) is 32.7 Å². The highest BCUT2D eigenvalue weighted by atomic mass is 16.5. The van der Waals surface area contributed by atoms with Gasteiger partial charge in [-0.25, -0.2) is 0 Å². The first-order valence-electron chi connectivity index (χ1n) is 9.23. The molecule has 140 valence electrons. The van der Waals surface area contributed by atoms with Crippen molar-refractivity contribution in [2.24, 2.45) is 0 Å². The summed E-state index contributed by atoms with van der Waals surface area (Å²) < 4.78 is 7.55. The molecule has 1 aromatic heterocycles. The molecule has 2 aromatic carbocycles. The Labute approximate surface area is 160 Å². The van der Waals surface area contributed by atoms with Gasteiger partial charge in [0.2, 0.25) is 0 Å². The van der Waals surface area contributed by atoms with Crippen molar-refractivity contribution in [3.63, 3.8) is 0 Å². The molecule has 27 heavy (non-hydrogen) atoms. The number of carbonyl (C=O) groups excluding carboxylic acids is 1. The molecule has 3 rings (SSSR count). The van der Waals surface area contributed by atoms with E-state index in [1.807, 2.05) is 54.7 Å². The largest absolute Gasteiger partial charge is 0.483 e. The molecule has 0 spiro atoms. The molecule has 0 aliphatic heterocycles. The van der Waals surface area contributed by atoms with Gasteiger partial charge in [0, 0.05) is 6.20 Å². The average Bonchev–Trinajstić information content (AvgIpc) is 3.13. The average molecular weight is 363 g/mol. The molecule has 0 saturated carbocycles. The molecule has 0 bridgehead atoms. The van der Waals surface area contributed by atoms with Crippen molar-refractivity contribution in [1.82, 2.24) is 9.78 Å². The maximum absolute atomic E-state index is 12.2. The fourth-order valence-corrected chi connectivity index (χ4v) is 2.86. The molecule has 5 nitrogen and oxygen atoms in total. The summed E-state index contributed by atoms with van der Waals surface area (Å²) in [6, 6.07) is 17.9. The number of anilines is 1. The SMILES string of the molecule is CCC(C)c1ccccc1OCC(=O)Nc1cnn(Cc2ccccc2)c1. The topological polar surface area (TPSA) is 56.1 Å². The quantitative estimate of drug-likeness (QED) is 0.643. The minimum absolute atomic E-state index is 0.0304. The third kappa shape index (κ3) is 5.20. The fourth-order valence-electron chi connectivity index (χ4n) is 2.86. The van der Waals surface area contributed by atoms with Gasteiger partial charge >= 0.3 is 0 Å². The molecule has 5 heteroatoms. The molecule has 0 aliphatic rings. The highest BCUT2D eigenvalue weighted by Crippen LogP contribution is 2.28. The smallest absolute Gasteiger partial charge is 0.262 e. The second-order valence-electron chi connectivity index (χ2n) is 6.60. The van der Waals surface area contributed by atoms with E-state index in [1.54, 1.807) is 10.9 Å². The molecule has 1 amide bonds. The van der Waals surface area contributed by atoms with Crippen LogP contribution in [-0.4, -0.2) is 22.3 Å². The second kappa shape index (κ2) is 9.03. The molecule has 1 N–H and O–H groups in total. The molecule has 0 fully saturated rings. The number of rotatable bonds is 8. The number of aromatic nitrogens is 2. The van der Waals surface area contributed by atoms with Gasteiger partial charge in [-0.05, 0) is 29.5 Å². The van der Waals surface area contributed by atoms with Crippen molar-refractivity contribution < 1.29 is 9.53 Å². The lowest BCUT2D eigenvalue weighted by atomic mass is 9.98. The molecule has 1 unspecified atom stereocenters. The zero-order valence-corrected chi connectivity index (χ0v) is 15.8. The van der Waals surface area contributed by atoms with Crippen LogP contribution in [0.1, 0.15) is 37.3 Å². The van der Waals surface area contributed by atoms with Crippen LogP contribution in [0.3, 0.4) is 0 Å². The minimum Gasteiger partial charge on any atom is -0.483 e. The van der Waals surface area contributed by atoms with Crippen molar-refractivity contribution in [3.8, 4) is 5.75 Å². The van der Waals surface area contributed by atoms with Gasteiger partial charge in [-0.3, -0.25) is 9.48 Å². The normalized spacial score (nSPS) is 11.8. The Bertz CT molecular complexity index is 874. The number of carbonyl (C=O) groups is 1. The zero-order chi connectivity index (χ0) is 19.1. The minimum atomic E-state index is -0.201. The van der Waals surface area contributed by atoms with Gasteiger partial charge in [0.05, 0.1) is 18.4 Å². The molecule has 0 saturated heterocycles. The van der Waals surface area contributed by atoms with Crippen molar-refractivity contribution in [3.05, 3.63) is 78.1 Å². The Morgan fingerprint density at radius 1 is 1.15 bits per heavy atom. The van der Waals surface area contributed by atoms with Crippen LogP contribution in [0.5, 0.6) is 5.75 Å². The molecule has 3 aromatic rings. The van der Waals surface area contributed by atoms with Gasteiger partial charge < -0.3 is 10.1 Å². The standard InChI is InChI=1S/C22H25N3O2/c1-3-17(2)20-11-7-8-12-21(20)27-16-22(26)24-19-13-23-25(15-19)14-18-9-5-4-6-10-18/h4-13,15,17H,3,14,16H2,1-2H3,(H,24,26). The predicted octanol–water partition coefficient (Wildman–Crippen LogP) is 4.46. The van der Waals surface area contributed by atoms with Crippen LogP contribution in [0.15, 0.2) is 67.0 Å². The van der Waals surface area contributed by atoms with E-state index < -0.39 is 0 Å². The Morgan fingerprint density at radius 3 is 2.67 bits per heavy atom. The predicted molar refractivity (Wildman–Crippen MR) is 107 cm³/mol. The Hall–Kier alpha value is -3.08. The molecule has 0 aliphatic carbocycles. The van der Waals surface area contributed by atoms with Crippen molar-refractivity contribution in [2.75, 3.05) is 11.9 Å². The summed E-state index contributed by atoms with van der Waals surface area (Å²) >= 11 is 0. The van der Waals surface area contributed by atoms with Crippen LogP contribution in [0.4, 0.5) is 5.69 Å². The van der Waals surface area contributed by atoms with E-state index in [1.165, 1.54) is 0 Å². The summed E-state index contributed by atoms with van der Waals surface area (Å²) in [6.07, 6.45) is 4.49. The first-order valence-corrected chi connectivity index (χ1v) is 9.23. The van der Waals surface area contributed by atoms with E-state index in [0.29, 0.717) is 18.2 Å². The van der Waals surface area contributed by atoms with Gasteiger partial charge in [0.25, 0.3) is 5.91 Å². The van der Waals surface area contributed by atoms with E-state index >= 15 is 0 Å². The maximum Gasteiger partial charge on any atom is 0.262 e. The van der Waals surface area contributed by atoms with Gasteiger partial charge in [-0.2, -0.15) is 5.10 Å². The second-order valence-corrected chi connectivity index (χ2v) is 6.60. The van der Waals surface area contributed by atoms with E-state index in [0.717, 1.165) is 23.3 Å². The van der Waals surface area contributed by atoms with Gasteiger partial charge in [0.1, 0.15) is 5.75 Å². The van der Waals surface area contributed by atoms with E-state index in [9.17, 15) is 4.79 Å². The van der Waals surface area contributed by atoms with Crippen LogP contribution in [0.2, 0.25) is 0 Å². The summed E-state index contributed by atoms with van der Waals surface area (Å²) in [5.41, 5.74) is 2.95. The van der Waals surface area contributed by atoms with Gasteiger partial charge in [-0.1, -0.05) is 62.4 Å². The molecule has 1 heterocycles. The summed E-state index contributed by atoms with van der Waals surface area (Å²) in [7, 11) is 0. The monoisotopic (exact) mass is 363 g/mol. The van der Waals surface area contributed by atoms with Crippen molar-refractivity contribution in [1.29, 1.82) is 0 Å². The van der Waals surface area contributed by atoms with Crippen LogP contribution >= 0.6 is 0 Å². The lowest BCUT2D eigenvalue weighted by molar-refractivity contribution is -0.118. The lowest BCUT2D eigenvalue weighted by Gasteiger charge is -2.15. The summed E-state index contributed by atoms with van der Waals surface area (Å²) in [6.45, 7) is 4.93. The third-order valence-electron chi connectivity index (χ3n) is 4.53. The van der Waals surface area contributed by atoms with Crippen LogP contribution < -0.4 is 10.1 Å². The highest BCUT2D eigenvalue weighted by Gasteiger charge is 2.11. The van der Waals surface area contributed by atoms with Gasteiger partial charge in [0.15, 0.2) is 6.61 Å². The molecule has 1 atom stereocenters. The number of hydrogen-bond acceptors (Lipinski definition) is 3. The van der Waals surface area contributed by atoms with Crippen LogP contribution in [0.25, 0.3) is 0 Å². The Morgan fingerprint density at radius 2 is 1.89 bits per heavy atom. The van der Waals surface area contributed by atoms with Crippen molar-refractivity contribution >= 4 is 11.6 Å². The maximum atomic E-state index is 12.2. The number of nitrogens with one attached hydrogen (secondary N) is 1. The van der Waals surface area contributed by atoms with E-state index in [-0.39, 0.29) is 12.5 Å². The summed E-state index contributed by atoms with van der Waals surface area (Å²) in [5.74, 6) is 0.954. The Kier molecular flexibility index (Phi) is 6.26.